The smallest absolute Gasteiger partial charge is 0.0702 e. The fourth-order valence-corrected chi connectivity index (χ4v) is 2.05. The Bertz CT molecular complexity index is 184. The molecule has 1 saturated heterocycles. The molecular formula is C12H23NOS. The predicted molar refractivity (Wildman–Crippen MR) is 68.7 cm³/mol. The van der Waals surface area contributed by atoms with Crippen LogP contribution in [0, 0.1) is 0 Å². The number of nitrogens with zero attached hydrogens (tertiary/aromatic N) is 1. The van der Waals surface area contributed by atoms with Crippen LogP contribution in [0.5, 0.6) is 0 Å². The summed E-state index contributed by atoms with van der Waals surface area (Å²) in [7, 11) is 0. The van der Waals surface area contributed by atoms with Crippen LogP contribution >= 0.6 is 12.6 Å². The molecule has 0 radical (unpaired) electrons. The second-order valence-corrected chi connectivity index (χ2v) is 4.41. The maximum atomic E-state index is 5.79. The van der Waals surface area contributed by atoms with E-state index < -0.39 is 0 Å². The van der Waals surface area contributed by atoms with Crippen molar-refractivity contribution >= 4 is 12.6 Å². The minimum absolute atomic E-state index is 0.461. The molecule has 1 heterocycles. The highest BCUT2D eigenvalue weighted by Gasteiger charge is 2.18. The summed E-state index contributed by atoms with van der Waals surface area (Å²) in [6.07, 6.45) is 8.39. The van der Waals surface area contributed by atoms with Gasteiger partial charge in [-0.15, -0.1) is 0 Å². The van der Waals surface area contributed by atoms with E-state index >= 15 is 0 Å². The number of hydrogen-bond donors (Lipinski definition) is 1. The van der Waals surface area contributed by atoms with Gasteiger partial charge in [-0.1, -0.05) is 19.1 Å². The van der Waals surface area contributed by atoms with Crippen LogP contribution in [0.2, 0.25) is 0 Å². The van der Waals surface area contributed by atoms with E-state index in [2.05, 4.69) is 36.6 Å². The molecule has 0 aromatic carbocycles. The number of likely N-dealkylation sites (tertiary alicyclic amines) is 1. The molecule has 88 valence electrons. The molecule has 3 heteroatoms. The molecule has 0 aromatic rings. The first kappa shape index (κ1) is 13.1. The lowest BCUT2D eigenvalue weighted by atomic mass is 10.1. The zero-order valence-electron chi connectivity index (χ0n) is 9.69. The third-order valence-electron chi connectivity index (χ3n) is 2.66. The van der Waals surface area contributed by atoms with Crippen LogP contribution in [0.25, 0.3) is 0 Å². The maximum Gasteiger partial charge on any atom is 0.0702 e. The van der Waals surface area contributed by atoms with Gasteiger partial charge in [0.25, 0.3) is 0 Å². The first-order valence-electron chi connectivity index (χ1n) is 5.96. The molecule has 0 saturated carbocycles. The summed E-state index contributed by atoms with van der Waals surface area (Å²) in [6, 6.07) is 0. The van der Waals surface area contributed by atoms with Crippen molar-refractivity contribution in [3.8, 4) is 0 Å². The normalized spacial score (nSPS) is 23.7. The van der Waals surface area contributed by atoms with Gasteiger partial charge in [0.05, 0.1) is 6.10 Å². The third-order valence-corrected chi connectivity index (χ3v) is 2.87. The fourth-order valence-electron chi connectivity index (χ4n) is 1.90. The summed E-state index contributed by atoms with van der Waals surface area (Å²) in [5.41, 5.74) is 0. The Morgan fingerprint density at radius 1 is 1.47 bits per heavy atom. The average molecular weight is 229 g/mol. The van der Waals surface area contributed by atoms with Gasteiger partial charge in [0.15, 0.2) is 0 Å². The number of rotatable bonds is 6. The molecule has 0 aliphatic carbocycles. The number of ether oxygens (including phenoxy) is 1. The fraction of sp³-hybridized carbons (Fsp3) is 0.833. The summed E-state index contributed by atoms with van der Waals surface area (Å²) < 4.78 is 5.79. The Hall–Kier alpha value is 0.01000. The first-order valence-corrected chi connectivity index (χ1v) is 6.60. The van der Waals surface area contributed by atoms with Crippen molar-refractivity contribution < 1.29 is 4.74 Å². The molecule has 1 atom stereocenters. The van der Waals surface area contributed by atoms with E-state index in [1.165, 1.54) is 19.4 Å². The minimum atomic E-state index is 0.461. The van der Waals surface area contributed by atoms with Crippen LogP contribution in [-0.4, -0.2) is 43.0 Å². The summed E-state index contributed by atoms with van der Waals surface area (Å²) in [5, 5.41) is 0. The van der Waals surface area contributed by atoms with Crippen molar-refractivity contribution in [1.82, 2.24) is 4.90 Å². The van der Waals surface area contributed by atoms with Crippen LogP contribution in [-0.2, 0) is 4.74 Å². The third kappa shape index (κ3) is 5.59. The molecule has 0 spiro atoms. The number of piperidine rings is 1. The second kappa shape index (κ2) is 8.20. The van der Waals surface area contributed by atoms with Gasteiger partial charge in [-0.3, -0.25) is 4.90 Å². The minimum Gasteiger partial charge on any atom is -0.377 e. The lowest BCUT2D eigenvalue weighted by Crippen LogP contribution is -2.39. The van der Waals surface area contributed by atoms with Crippen LogP contribution in [0.3, 0.4) is 0 Å². The zero-order valence-corrected chi connectivity index (χ0v) is 10.6. The Kier molecular flexibility index (Phi) is 7.14. The molecule has 0 bridgehead atoms. The van der Waals surface area contributed by atoms with Gasteiger partial charge >= 0.3 is 0 Å². The van der Waals surface area contributed by atoms with Crippen LogP contribution in [0.4, 0.5) is 0 Å². The Morgan fingerprint density at radius 2 is 2.33 bits per heavy atom. The van der Waals surface area contributed by atoms with Crippen molar-refractivity contribution in [3.63, 3.8) is 0 Å². The molecule has 0 aromatic heterocycles. The van der Waals surface area contributed by atoms with Gasteiger partial charge in [-0.05, 0) is 25.8 Å². The van der Waals surface area contributed by atoms with E-state index in [1.807, 2.05) is 0 Å². The van der Waals surface area contributed by atoms with Crippen LogP contribution < -0.4 is 0 Å². The molecule has 0 N–H and O–H groups in total. The highest BCUT2D eigenvalue weighted by Crippen LogP contribution is 2.13. The van der Waals surface area contributed by atoms with Crippen molar-refractivity contribution in [2.45, 2.75) is 32.3 Å². The summed E-state index contributed by atoms with van der Waals surface area (Å²) in [4.78, 5) is 2.46. The van der Waals surface area contributed by atoms with Crippen molar-refractivity contribution in [1.29, 1.82) is 0 Å². The van der Waals surface area contributed by atoms with E-state index in [0.717, 1.165) is 31.9 Å². The number of thiol groups is 1. The SMILES string of the molecule is CCCOC1CCCN(CC=CCS)C1. The van der Waals surface area contributed by atoms with E-state index in [9.17, 15) is 0 Å². The van der Waals surface area contributed by atoms with Gasteiger partial charge in [0, 0.05) is 25.4 Å². The van der Waals surface area contributed by atoms with Crippen molar-refractivity contribution in [3.05, 3.63) is 12.2 Å². The Morgan fingerprint density at radius 3 is 3.07 bits per heavy atom. The molecule has 1 aliphatic heterocycles. The molecule has 15 heavy (non-hydrogen) atoms. The molecule has 1 fully saturated rings. The lowest BCUT2D eigenvalue weighted by molar-refractivity contribution is 0.00307. The van der Waals surface area contributed by atoms with Gasteiger partial charge in [0.2, 0.25) is 0 Å². The molecule has 1 unspecified atom stereocenters. The summed E-state index contributed by atoms with van der Waals surface area (Å²) >= 11 is 4.15. The molecule has 2 nitrogen and oxygen atoms in total. The zero-order chi connectivity index (χ0) is 10.9. The average Bonchev–Trinajstić information content (AvgIpc) is 2.27. The largest absolute Gasteiger partial charge is 0.377 e. The highest BCUT2D eigenvalue weighted by atomic mass is 32.1. The maximum absolute atomic E-state index is 5.79. The van der Waals surface area contributed by atoms with Crippen molar-refractivity contribution in [2.75, 3.05) is 32.0 Å². The van der Waals surface area contributed by atoms with Gasteiger partial charge in [-0.25, -0.2) is 0 Å². The van der Waals surface area contributed by atoms with Crippen LogP contribution in [0.1, 0.15) is 26.2 Å². The number of hydrogen-bond acceptors (Lipinski definition) is 3. The molecule has 1 rings (SSSR count). The topological polar surface area (TPSA) is 12.5 Å². The quantitative estimate of drug-likeness (QED) is 0.554. The van der Waals surface area contributed by atoms with E-state index in [1.54, 1.807) is 0 Å². The van der Waals surface area contributed by atoms with Gasteiger partial charge < -0.3 is 4.74 Å². The van der Waals surface area contributed by atoms with Crippen molar-refractivity contribution in [2.24, 2.45) is 0 Å². The summed E-state index contributed by atoms with van der Waals surface area (Å²) in [5.74, 6) is 0.837. The molecule has 1 aliphatic rings. The molecular weight excluding hydrogens is 206 g/mol. The van der Waals surface area contributed by atoms with E-state index in [4.69, 9.17) is 4.74 Å². The first-order chi connectivity index (χ1) is 7.36. The summed E-state index contributed by atoms with van der Waals surface area (Å²) in [6.45, 7) is 6.42. The Balaban J connectivity index is 2.19. The lowest BCUT2D eigenvalue weighted by Gasteiger charge is -2.31. The van der Waals surface area contributed by atoms with Crippen LogP contribution in [0.15, 0.2) is 12.2 Å². The van der Waals surface area contributed by atoms with Gasteiger partial charge in [-0.2, -0.15) is 12.6 Å². The second-order valence-electron chi connectivity index (χ2n) is 4.05. The predicted octanol–water partition coefficient (Wildman–Crippen LogP) is 2.36. The van der Waals surface area contributed by atoms with E-state index in [0.29, 0.717) is 6.10 Å². The standard InChI is InChI=1S/C12H23NOS/c1-2-9-14-12-6-5-8-13(11-12)7-3-4-10-15/h3-4,12,15H,2,5-11H2,1H3. The Labute approximate surface area is 99.1 Å². The van der Waals surface area contributed by atoms with E-state index in [-0.39, 0.29) is 0 Å². The monoisotopic (exact) mass is 229 g/mol. The molecule has 0 amide bonds. The highest BCUT2D eigenvalue weighted by molar-refractivity contribution is 7.80. The van der Waals surface area contributed by atoms with Gasteiger partial charge in [0.1, 0.15) is 0 Å².